The van der Waals surface area contributed by atoms with Crippen molar-refractivity contribution < 1.29 is 0 Å². The van der Waals surface area contributed by atoms with Crippen molar-refractivity contribution in [3.05, 3.63) is 65.5 Å². The van der Waals surface area contributed by atoms with Gasteiger partial charge in [-0.2, -0.15) is 0 Å². The SMILES string of the molecule is CCC(N)(c1ccccc1)C1CCc2cccnc21. The highest BCUT2D eigenvalue weighted by atomic mass is 14.8. The van der Waals surface area contributed by atoms with Crippen LogP contribution in [0.3, 0.4) is 0 Å². The summed E-state index contributed by atoms with van der Waals surface area (Å²) < 4.78 is 0. The number of aromatic nitrogens is 1. The summed E-state index contributed by atoms with van der Waals surface area (Å²) >= 11 is 0. The van der Waals surface area contributed by atoms with E-state index in [-0.39, 0.29) is 5.54 Å². The monoisotopic (exact) mass is 252 g/mol. The quantitative estimate of drug-likeness (QED) is 0.909. The number of hydrogen-bond donors (Lipinski definition) is 1. The molecule has 0 saturated heterocycles. The van der Waals surface area contributed by atoms with Crippen LogP contribution in [0.1, 0.15) is 42.5 Å². The zero-order chi connectivity index (χ0) is 13.3. The van der Waals surface area contributed by atoms with Gasteiger partial charge >= 0.3 is 0 Å². The van der Waals surface area contributed by atoms with Crippen LogP contribution in [0.25, 0.3) is 0 Å². The fourth-order valence-electron chi connectivity index (χ4n) is 3.31. The van der Waals surface area contributed by atoms with Gasteiger partial charge in [0, 0.05) is 23.3 Å². The van der Waals surface area contributed by atoms with Gasteiger partial charge in [-0.05, 0) is 36.5 Å². The van der Waals surface area contributed by atoms with Crippen LogP contribution >= 0.6 is 0 Å². The molecule has 2 nitrogen and oxygen atoms in total. The van der Waals surface area contributed by atoms with E-state index < -0.39 is 0 Å². The molecule has 0 fully saturated rings. The molecule has 2 heteroatoms. The molecule has 0 saturated carbocycles. The molecule has 1 aromatic heterocycles. The van der Waals surface area contributed by atoms with Crippen molar-refractivity contribution in [1.29, 1.82) is 0 Å². The van der Waals surface area contributed by atoms with E-state index in [4.69, 9.17) is 5.73 Å². The summed E-state index contributed by atoms with van der Waals surface area (Å²) in [4.78, 5) is 4.60. The van der Waals surface area contributed by atoms with Gasteiger partial charge < -0.3 is 5.73 Å². The molecule has 0 aliphatic heterocycles. The molecule has 0 bridgehead atoms. The minimum Gasteiger partial charge on any atom is -0.321 e. The van der Waals surface area contributed by atoms with Crippen LogP contribution in [0.4, 0.5) is 0 Å². The molecule has 19 heavy (non-hydrogen) atoms. The lowest BCUT2D eigenvalue weighted by Gasteiger charge is -2.35. The van der Waals surface area contributed by atoms with Gasteiger partial charge in [-0.1, -0.05) is 43.3 Å². The lowest BCUT2D eigenvalue weighted by molar-refractivity contribution is 0.334. The zero-order valence-corrected chi connectivity index (χ0v) is 11.3. The van der Waals surface area contributed by atoms with E-state index >= 15 is 0 Å². The second kappa shape index (κ2) is 4.78. The average molecular weight is 252 g/mol. The molecule has 2 aromatic rings. The Balaban J connectivity index is 2.05. The Morgan fingerprint density at radius 2 is 2.00 bits per heavy atom. The minimum atomic E-state index is -0.305. The molecule has 1 aliphatic rings. The van der Waals surface area contributed by atoms with Crippen molar-refractivity contribution in [2.24, 2.45) is 5.73 Å². The van der Waals surface area contributed by atoms with Crippen LogP contribution < -0.4 is 5.73 Å². The van der Waals surface area contributed by atoms with Gasteiger partial charge in [0.05, 0.1) is 0 Å². The summed E-state index contributed by atoms with van der Waals surface area (Å²) in [7, 11) is 0. The fourth-order valence-corrected chi connectivity index (χ4v) is 3.31. The van der Waals surface area contributed by atoms with Crippen molar-refractivity contribution in [3.8, 4) is 0 Å². The molecule has 0 amide bonds. The third-order valence-electron chi connectivity index (χ3n) is 4.48. The van der Waals surface area contributed by atoms with Gasteiger partial charge in [-0.15, -0.1) is 0 Å². The number of rotatable bonds is 3. The minimum absolute atomic E-state index is 0.305. The van der Waals surface area contributed by atoms with Gasteiger partial charge in [0.1, 0.15) is 0 Å². The first-order valence-electron chi connectivity index (χ1n) is 7.04. The second-order valence-corrected chi connectivity index (χ2v) is 5.40. The molecule has 1 aliphatic carbocycles. The highest BCUT2D eigenvalue weighted by Gasteiger charge is 2.40. The van der Waals surface area contributed by atoms with Crippen LogP contribution in [0.15, 0.2) is 48.7 Å². The predicted octanol–water partition coefficient (Wildman–Crippen LogP) is 3.38. The molecule has 2 N–H and O–H groups in total. The van der Waals surface area contributed by atoms with Crippen molar-refractivity contribution in [2.75, 3.05) is 0 Å². The second-order valence-electron chi connectivity index (χ2n) is 5.40. The maximum atomic E-state index is 6.80. The first-order chi connectivity index (χ1) is 9.25. The summed E-state index contributed by atoms with van der Waals surface area (Å²) in [5.74, 6) is 0.330. The van der Waals surface area contributed by atoms with Gasteiger partial charge in [-0.3, -0.25) is 4.98 Å². The van der Waals surface area contributed by atoms with Crippen LogP contribution in [-0.4, -0.2) is 4.98 Å². The van der Waals surface area contributed by atoms with E-state index in [0.717, 1.165) is 19.3 Å². The van der Waals surface area contributed by atoms with Crippen molar-refractivity contribution in [1.82, 2.24) is 4.98 Å². The Morgan fingerprint density at radius 3 is 2.74 bits per heavy atom. The summed E-state index contributed by atoms with van der Waals surface area (Å²) in [6.45, 7) is 2.17. The Labute approximate surface area is 114 Å². The summed E-state index contributed by atoms with van der Waals surface area (Å²) in [5.41, 5.74) is 10.3. The third kappa shape index (κ3) is 1.96. The smallest absolute Gasteiger partial charge is 0.0491 e. The lowest BCUT2D eigenvalue weighted by Crippen LogP contribution is -2.41. The zero-order valence-electron chi connectivity index (χ0n) is 11.3. The first-order valence-corrected chi connectivity index (χ1v) is 7.04. The van der Waals surface area contributed by atoms with E-state index in [1.165, 1.54) is 16.8 Å². The Hall–Kier alpha value is -1.67. The van der Waals surface area contributed by atoms with Crippen molar-refractivity contribution >= 4 is 0 Å². The topological polar surface area (TPSA) is 38.9 Å². The van der Waals surface area contributed by atoms with Gasteiger partial charge in [0.25, 0.3) is 0 Å². The third-order valence-corrected chi connectivity index (χ3v) is 4.48. The highest BCUT2D eigenvalue weighted by molar-refractivity contribution is 5.36. The Kier molecular flexibility index (Phi) is 3.11. The number of fused-ring (bicyclic) bond motifs is 1. The molecular formula is C17H20N2. The summed E-state index contributed by atoms with van der Waals surface area (Å²) in [6.07, 6.45) is 5.02. The molecule has 98 valence electrons. The van der Waals surface area contributed by atoms with Gasteiger partial charge in [-0.25, -0.2) is 0 Å². The van der Waals surface area contributed by atoms with Crippen LogP contribution in [0, 0.1) is 0 Å². The van der Waals surface area contributed by atoms with Crippen molar-refractivity contribution in [3.63, 3.8) is 0 Å². The molecule has 0 spiro atoms. The molecular weight excluding hydrogens is 232 g/mol. The van der Waals surface area contributed by atoms with Gasteiger partial charge in [0.15, 0.2) is 0 Å². The van der Waals surface area contributed by atoms with E-state index in [9.17, 15) is 0 Å². The maximum absolute atomic E-state index is 6.80. The van der Waals surface area contributed by atoms with Crippen molar-refractivity contribution in [2.45, 2.75) is 37.6 Å². The molecule has 2 unspecified atom stereocenters. The highest BCUT2D eigenvalue weighted by Crippen LogP contribution is 2.44. The number of benzene rings is 1. The van der Waals surface area contributed by atoms with E-state index in [1.54, 1.807) is 0 Å². The largest absolute Gasteiger partial charge is 0.321 e. The van der Waals surface area contributed by atoms with Crippen LogP contribution in [0.2, 0.25) is 0 Å². The standard InChI is InChI=1S/C17H20N2/c1-2-17(18,14-8-4-3-5-9-14)15-11-10-13-7-6-12-19-16(13)15/h3-9,12,15H,2,10-11,18H2,1H3. The van der Waals surface area contributed by atoms with E-state index in [1.807, 2.05) is 18.3 Å². The number of nitrogens with zero attached hydrogens (tertiary/aromatic N) is 1. The fraction of sp³-hybridized carbons (Fsp3) is 0.353. The van der Waals surface area contributed by atoms with Crippen LogP contribution in [0.5, 0.6) is 0 Å². The number of nitrogens with two attached hydrogens (primary N) is 1. The normalized spacial score (nSPS) is 20.8. The summed E-state index contributed by atoms with van der Waals surface area (Å²) in [6, 6.07) is 14.7. The molecule has 3 rings (SSSR count). The average Bonchev–Trinajstić information content (AvgIpc) is 2.92. The Bertz CT molecular complexity index is 564. The first kappa shape index (κ1) is 12.4. The van der Waals surface area contributed by atoms with Crippen LogP contribution in [-0.2, 0) is 12.0 Å². The Morgan fingerprint density at radius 1 is 1.21 bits per heavy atom. The molecule has 2 atom stereocenters. The molecule has 1 aromatic carbocycles. The number of hydrogen-bond acceptors (Lipinski definition) is 2. The van der Waals surface area contributed by atoms with Gasteiger partial charge in [0.2, 0.25) is 0 Å². The summed E-state index contributed by atoms with van der Waals surface area (Å²) in [5, 5.41) is 0. The number of aryl methyl sites for hydroxylation is 1. The van der Waals surface area contributed by atoms with E-state index in [0.29, 0.717) is 5.92 Å². The maximum Gasteiger partial charge on any atom is 0.0491 e. The lowest BCUT2D eigenvalue weighted by atomic mass is 9.75. The molecule has 0 radical (unpaired) electrons. The molecule has 1 heterocycles. The number of pyridine rings is 1. The predicted molar refractivity (Wildman–Crippen MR) is 77.9 cm³/mol. The van der Waals surface area contributed by atoms with E-state index in [2.05, 4.69) is 42.2 Å².